The number of nitrogens with one attached hydrogen (secondary N) is 1. The Hall–Kier alpha value is -1.52. The predicted molar refractivity (Wildman–Crippen MR) is 117 cm³/mol. The van der Waals surface area contributed by atoms with Gasteiger partial charge in [0.15, 0.2) is 6.29 Å². The van der Waals surface area contributed by atoms with Gasteiger partial charge in [0, 0.05) is 0 Å². The van der Waals surface area contributed by atoms with Crippen LogP contribution in [0.5, 0.6) is 0 Å². The van der Waals surface area contributed by atoms with Crippen molar-refractivity contribution in [3.63, 3.8) is 0 Å². The molecule has 0 aromatic heterocycles. The highest BCUT2D eigenvalue weighted by Gasteiger charge is 2.51. The van der Waals surface area contributed by atoms with E-state index in [1.165, 1.54) is 11.8 Å². The van der Waals surface area contributed by atoms with Gasteiger partial charge >= 0.3 is 6.09 Å². The third kappa shape index (κ3) is 6.18. The number of carbonyl (C=O) groups is 1. The quantitative estimate of drug-likeness (QED) is 0.204. The minimum Gasteiger partial charge on any atom is -0.445 e. The second-order valence-corrected chi connectivity index (χ2v) is 8.92. The smallest absolute Gasteiger partial charge is 0.407 e. The van der Waals surface area contributed by atoms with Crippen molar-refractivity contribution in [1.29, 1.82) is 0 Å². The van der Waals surface area contributed by atoms with Crippen LogP contribution in [-0.2, 0) is 25.6 Å². The largest absolute Gasteiger partial charge is 0.445 e. The normalized spacial score (nSPS) is 38.3. The van der Waals surface area contributed by atoms with Gasteiger partial charge < -0.3 is 54.9 Å². The summed E-state index contributed by atoms with van der Waals surface area (Å²) in [5.74, 6) is 0. The molecular formula is C21H31NO11S. The molecule has 12 nitrogen and oxygen atoms in total. The van der Waals surface area contributed by atoms with Gasteiger partial charge in [-0.2, -0.15) is 0 Å². The number of alkyl carbamates (subject to hydrolysis) is 1. The summed E-state index contributed by atoms with van der Waals surface area (Å²) in [5, 5.41) is 62.9. The zero-order valence-corrected chi connectivity index (χ0v) is 19.2. The molecule has 2 aliphatic rings. The Bertz CT molecular complexity index is 772. The Kier molecular flexibility index (Phi) is 9.91. The molecule has 1 aromatic rings. The molecule has 3 rings (SSSR count). The van der Waals surface area contributed by atoms with Crippen LogP contribution >= 0.6 is 11.8 Å². The molecule has 2 heterocycles. The van der Waals surface area contributed by atoms with E-state index in [0.29, 0.717) is 0 Å². The SMILES string of the molecule is CS[C@H]1OC(CO)[C@@H](O[C@@H]2OC(CO)[C@H](O)[C@H](O)C2O)[C@H](O)C1NC(=O)OCc1ccccc1. The van der Waals surface area contributed by atoms with Crippen LogP contribution in [0.3, 0.4) is 0 Å². The molecule has 0 aliphatic carbocycles. The van der Waals surface area contributed by atoms with Gasteiger partial charge in [-0.05, 0) is 11.8 Å². The number of hydrogen-bond acceptors (Lipinski definition) is 12. The summed E-state index contributed by atoms with van der Waals surface area (Å²) in [6.45, 7) is -1.23. The van der Waals surface area contributed by atoms with Crippen molar-refractivity contribution < 1.29 is 54.4 Å². The van der Waals surface area contributed by atoms with Gasteiger partial charge in [-0.25, -0.2) is 4.79 Å². The lowest BCUT2D eigenvalue weighted by atomic mass is 9.96. The molecule has 2 aliphatic heterocycles. The molecular weight excluding hydrogens is 474 g/mol. The summed E-state index contributed by atoms with van der Waals surface area (Å²) < 4.78 is 22.0. The van der Waals surface area contributed by atoms with Crippen LogP contribution in [0.25, 0.3) is 0 Å². The lowest BCUT2D eigenvalue weighted by Gasteiger charge is -2.47. The molecule has 1 aromatic carbocycles. The average Bonchev–Trinajstić information content (AvgIpc) is 2.85. The molecule has 2 saturated heterocycles. The van der Waals surface area contributed by atoms with Crippen LogP contribution in [0.2, 0.25) is 0 Å². The highest BCUT2D eigenvalue weighted by Crippen LogP contribution is 2.32. The molecule has 7 N–H and O–H groups in total. The van der Waals surface area contributed by atoms with Crippen molar-refractivity contribution in [2.75, 3.05) is 19.5 Å². The first-order valence-corrected chi connectivity index (χ1v) is 12.0. The van der Waals surface area contributed by atoms with E-state index in [4.69, 9.17) is 18.9 Å². The molecule has 0 saturated carbocycles. The number of hydrogen-bond donors (Lipinski definition) is 7. The molecule has 10 atom stereocenters. The molecule has 13 heteroatoms. The molecule has 2 fully saturated rings. The number of rotatable bonds is 8. The first kappa shape index (κ1) is 27.1. The zero-order valence-electron chi connectivity index (χ0n) is 18.4. The van der Waals surface area contributed by atoms with Gasteiger partial charge in [0.05, 0.1) is 19.3 Å². The van der Waals surface area contributed by atoms with Gasteiger partial charge in [-0.1, -0.05) is 30.3 Å². The molecule has 192 valence electrons. The Morgan fingerprint density at radius 1 is 0.971 bits per heavy atom. The van der Waals surface area contributed by atoms with Gasteiger partial charge in [-0.15, -0.1) is 11.8 Å². The summed E-state index contributed by atoms with van der Waals surface area (Å²) in [7, 11) is 0. The Morgan fingerprint density at radius 3 is 2.26 bits per heavy atom. The third-order valence-corrected chi connectivity index (χ3v) is 6.59. The maximum atomic E-state index is 12.4. The summed E-state index contributed by atoms with van der Waals surface area (Å²) in [4.78, 5) is 12.4. The van der Waals surface area contributed by atoms with Crippen molar-refractivity contribution in [2.24, 2.45) is 0 Å². The van der Waals surface area contributed by atoms with E-state index in [0.717, 1.165) is 5.56 Å². The summed E-state index contributed by atoms with van der Waals surface area (Å²) in [6, 6.07) is 7.97. The van der Waals surface area contributed by atoms with Gasteiger partial charge in [0.1, 0.15) is 54.8 Å². The van der Waals surface area contributed by atoms with E-state index in [1.807, 2.05) is 6.07 Å². The number of benzene rings is 1. The third-order valence-electron chi connectivity index (χ3n) is 5.72. The van der Waals surface area contributed by atoms with Gasteiger partial charge in [0.25, 0.3) is 0 Å². The number of carbonyl (C=O) groups excluding carboxylic acids is 1. The van der Waals surface area contributed by atoms with Crippen LogP contribution in [0.15, 0.2) is 30.3 Å². The van der Waals surface area contributed by atoms with Crippen molar-refractivity contribution in [2.45, 2.75) is 67.1 Å². The molecule has 0 radical (unpaired) electrons. The maximum Gasteiger partial charge on any atom is 0.407 e. The Labute approximate surface area is 200 Å². The van der Waals surface area contributed by atoms with E-state index in [1.54, 1.807) is 30.5 Å². The number of amides is 1. The van der Waals surface area contributed by atoms with Gasteiger partial charge in [0.2, 0.25) is 0 Å². The van der Waals surface area contributed by atoms with Crippen LogP contribution in [0.4, 0.5) is 4.79 Å². The zero-order chi connectivity index (χ0) is 24.8. The van der Waals surface area contributed by atoms with E-state index in [-0.39, 0.29) is 6.61 Å². The lowest BCUT2D eigenvalue weighted by molar-refractivity contribution is -0.333. The number of aliphatic hydroxyl groups is 6. The van der Waals surface area contributed by atoms with Crippen molar-refractivity contribution in [1.82, 2.24) is 5.32 Å². The maximum absolute atomic E-state index is 12.4. The number of aliphatic hydroxyl groups excluding tert-OH is 6. The summed E-state index contributed by atoms with van der Waals surface area (Å²) in [6.07, 6.45) is -10.7. The van der Waals surface area contributed by atoms with Crippen LogP contribution in [0.1, 0.15) is 5.56 Å². The lowest BCUT2D eigenvalue weighted by Crippen LogP contribution is -2.66. The second kappa shape index (κ2) is 12.4. The van der Waals surface area contributed by atoms with Crippen molar-refractivity contribution in [3.05, 3.63) is 35.9 Å². The Morgan fingerprint density at radius 2 is 1.65 bits per heavy atom. The molecule has 4 unspecified atom stereocenters. The number of thioether (sulfide) groups is 1. The van der Waals surface area contributed by atoms with Crippen LogP contribution in [0, 0.1) is 0 Å². The minimum absolute atomic E-state index is 0.00431. The fourth-order valence-corrected chi connectivity index (χ4v) is 4.60. The van der Waals surface area contributed by atoms with Gasteiger partial charge in [-0.3, -0.25) is 0 Å². The summed E-state index contributed by atoms with van der Waals surface area (Å²) in [5.41, 5.74) is -0.00485. The average molecular weight is 506 g/mol. The molecule has 0 bridgehead atoms. The van der Waals surface area contributed by atoms with Crippen LogP contribution in [-0.4, -0.2) is 117 Å². The van der Waals surface area contributed by atoms with Crippen molar-refractivity contribution in [3.8, 4) is 0 Å². The topological polar surface area (TPSA) is 187 Å². The van der Waals surface area contributed by atoms with Crippen LogP contribution < -0.4 is 5.32 Å². The molecule has 1 amide bonds. The monoisotopic (exact) mass is 505 g/mol. The first-order valence-electron chi connectivity index (χ1n) is 10.7. The fraction of sp³-hybridized carbons (Fsp3) is 0.667. The highest BCUT2D eigenvalue weighted by atomic mass is 32.2. The number of ether oxygens (including phenoxy) is 4. The standard InChI is InChI=1S/C21H31NO11S/c1-34-20-13(22-21(29)30-9-10-5-3-2-4-6-10)15(26)18(12(8-24)32-20)33-19-17(28)16(27)14(25)11(7-23)31-19/h2-6,11-20,23-28H,7-9H2,1H3,(H,22,29)/t11?,12?,13?,14-,15+,16-,17?,18+,19-,20+/m0/s1. The van der Waals surface area contributed by atoms with E-state index in [2.05, 4.69) is 5.32 Å². The minimum atomic E-state index is -1.72. The molecule has 34 heavy (non-hydrogen) atoms. The van der Waals surface area contributed by atoms with E-state index >= 15 is 0 Å². The molecule has 0 spiro atoms. The highest BCUT2D eigenvalue weighted by molar-refractivity contribution is 7.99. The predicted octanol–water partition coefficient (Wildman–Crippen LogP) is -2.09. The fourth-order valence-electron chi connectivity index (χ4n) is 3.83. The van der Waals surface area contributed by atoms with Crippen molar-refractivity contribution >= 4 is 17.9 Å². The van der Waals surface area contributed by atoms with E-state index in [9.17, 15) is 35.4 Å². The first-order chi connectivity index (χ1) is 16.3. The Balaban J connectivity index is 1.69. The second-order valence-electron chi connectivity index (χ2n) is 7.98. The summed E-state index contributed by atoms with van der Waals surface area (Å²) >= 11 is 1.18. The van der Waals surface area contributed by atoms with E-state index < -0.39 is 79.8 Å².